The zero-order valence-corrected chi connectivity index (χ0v) is 14.4. The highest BCUT2D eigenvalue weighted by atomic mass is 16.5. The van der Waals surface area contributed by atoms with E-state index < -0.39 is 0 Å². The summed E-state index contributed by atoms with van der Waals surface area (Å²) in [7, 11) is 1.63. The molecule has 1 aromatic heterocycles. The molecule has 0 spiro atoms. The normalized spacial score (nSPS) is 10.5. The third kappa shape index (κ3) is 4.04. The Hall–Kier alpha value is -3.25. The van der Waals surface area contributed by atoms with Gasteiger partial charge >= 0.3 is 0 Å². The molecule has 0 saturated heterocycles. The van der Waals surface area contributed by atoms with Gasteiger partial charge in [-0.15, -0.1) is 0 Å². The van der Waals surface area contributed by atoms with Crippen LogP contribution in [0.2, 0.25) is 0 Å². The number of methoxy groups -OCH3 is 1. The Kier molecular flexibility index (Phi) is 5.56. The maximum Gasteiger partial charge on any atom is 0.272 e. The van der Waals surface area contributed by atoms with Crippen LogP contribution in [0.3, 0.4) is 0 Å². The minimum atomic E-state index is -0.345. The molecule has 3 rings (SSSR count). The van der Waals surface area contributed by atoms with Crippen molar-refractivity contribution in [1.29, 1.82) is 0 Å². The van der Waals surface area contributed by atoms with Gasteiger partial charge in [-0.3, -0.25) is 9.59 Å². The molecule has 132 valence electrons. The molecule has 0 aliphatic carbocycles. The average molecular weight is 349 g/mol. The molecule has 3 aromatic rings. The van der Waals surface area contributed by atoms with Crippen molar-refractivity contribution in [3.05, 3.63) is 93.9 Å². The molecule has 1 amide bonds. The van der Waals surface area contributed by atoms with E-state index in [1.807, 2.05) is 42.5 Å². The smallest absolute Gasteiger partial charge is 0.272 e. The third-order valence-electron chi connectivity index (χ3n) is 3.89. The topological polar surface area (TPSA) is 73.2 Å². The monoisotopic (exact) mass is 349 g/mol. The molecule has 0 aliphatic heterocycles. The minimum absolute atomic E-state index is 0.178. The van der Waals surface area contributed by atoms with Gasteiger partial charge in [0.25, 0.3) is 11.5 Å². The fraction of sp³-hybridized carbons (Fsp3) is 0.150. The van der Waals surface area contributed by atoms with E-state index >= 15 is 0 Å². The summed E-state index contributed by atoms with van der Waals surface area (Å²) in [5.74, 6) is -0.345. The zero-order chi connectivity index (χ0) is 18.4. The number of benzene rings is 2. The highest BCUT2D eigenvalue weighted by Crippen LogP contribution is 2.10. The van der Waals surface area contributed by atoms with E-state index in [2.05, 4.69) is 10.4 Å². The molecular formula is C20H19N3O3. The average Bonchev–Trinajstić information content (AvgIpc) is 2.68. The first-order valence-electron chi connectivity index (χ1n) is 8.19. The van der Waals surface area contributed by atoms with E-state index in [1.165, 1.54) is 16.8 Å². The minimum Gasteiger partial charge on any atom is -0.380 e. The fourth-order valence-electron chi connectivity index (χ4n) is 2.58. The van der Waals surface area contributed by atoms with Crippen molar-refractivity contribution in [1.82, 2.24) is 15.1 Å². The fourth-order valence-corrected chi connectivity index (χ4v) is 2.58. The highest BCUT2D eigenvalue weighted by molar-refractivity contribution is 5.92. The predicted molar refractivity (Wildman–Crippen MR) is 98.2 cm³/mol. The Morgan fingerprint density at radius 2 is 1.69 bits per heavy atom. The van der Waals surface area contributed by atoms with Gasteiger partial charge in [0, 0.05) is 19.7 Å². The Labute approximate surface area is 151 Å². The molecule has 1 heterocycles. The van der Waals surface area contributed by atoms with Gasteiger partial charge in [-0.2, -0.15) is 9.78 Å². The maximum atomic E-state index is 12.5. The van der Waals surface area contributed by atoms with Crippen LogP contribution in [-0.4, -0.2) is 22.8 Å². The summed E-state index contributed by atoms with van der Waals surface area (Å²) in [6.07, 6.45) is 0. The molecule has 0 fully saturated rings. The SMILES string of the molecule is COCc1ccccc1CNC(=O)c1ccc(=O)n(-c2ccccc2)n1. The molecule has 26 heavy (non-hydrogen) atoms. The maximum absolute atomic E-state index is 12.5. The summed E-state index contributed by atoms with van der Waals surface area (Å²) in [4.78, 5) is 24.5. The second-order valence-electron chi connectivity index (χ2n) is 5.69. The van der Waals surface area contributed by atoms with Crippen LogP contribution in [0.25, 0.3) is 5.69 Å². The van der Waals surface area contributed by atoms with Gasteiger partial charge in [0.1, 0.15) is 5.69 Å². The Morgan fingerprint density at radius 1 is 1.00 bits per heavy atom. The third-order valence-corrected chi connectivity index (χ3v) is 3.89. The molecule has 1 N–H and O–H groups in total. The molecule has 0 saturated carbocycles. The van der Waals surface area contributed by atoms with Crippen LogP contribution < -0.4 is 10.9 Å². The standard InChI is InChI=1S/C20H19N3O3/c1-26-14-16-8-6-5-7-15(16)13-21-20(25)18-11-12-19(24)23(22-18)17-9-3-2-4-10-17/h2-12H,13-14H2,1H3,(H,21,25). The lowest BCUT2D eigenvalue weighted by Gasteiger charge is -2.10. The predicted octanol–water partition coefficient (Wildman–Crippen LogP) is 2.31. The van der Waals surface area contributed by atoms with Crippen molar-refractivity contribution in [3.8, 4) is 5.69 Å². The first-order valence-corrected chi connectivity index (χ1v) is 8.19. The Morgan fingerprint density at radius 3 is 2.42 bits per heavy atom. The summed E-state index contributed by atoms with van der Waals surface area (Å²) in [5.41, 5.74) is 2.48. The van der Waals surface area contributed by atoms with E-state index in [-0.39, 0.29) is 17.2 Å². The molecule has 0 atom stereocenters. The van der Waals surface area contributed by atoms with E-state index in [0.717, 1.165) is 11.1 Å². The Bertz CT molecular complexity index is 952. The summed E-state index contributed by atoms with van der Waals surface area (Å²) >= 11 is 0. The van der Waals surface area contributed by atoms with Crippen LogP contribution in [0, 0.1) is 0 Å². The zero-order valence-electron chi connectivity index (χ0n) is 14.4. The molecule has 6 heteroatoms. The van der Waals surface area contributed by atoms with Crippen LogP contribution in [-0.2, 0) is 17.9 Å². The second kappa shape index (κ2) is 8.22. The summed E-state index contributed by atoms with van der Waals surface area (Å²) in [6.45, 7) is 0.827. The number of carbonyl (C=O) groups excluding carboxylic acids is 1. The number of rotatable bonds is 6. The number of hydrogen-bond donors (Lipinski definition) is 1. The largest absolute Gasteiger partial charge is 0.380 e. The summed E-state index contributed by atoms with van der Waals surface area (Å²) in [6, 6.07) is 19.5. The van der Waals surface area contributed by atoms with Gasteiger partial charge in [-0.05, 0) is 29.3 Å². The number of aromatic nitrogens is 2. The van der Waals surface area contributed by atoms with E-state index in [9.17, 15) is 9.59 Å². The molecule has 0 bridgehead atoms. The van der Waals surface area contributed by atoms with Gasteiger partial charge in [0.05, 0.1) is 12.3 Å². The number of hydrogen-bond acceptors (Lipinski definition) is 4. The number of para-hydroxylation sites is 1. The summed E-state index contributed by atoms with van der Waals surface area (Å²) in [5, 5.41) is 7.02. The molecule has 2 aromatic carbocycles. The van der Waals surface area contributed by atoms with Crippen molar-refractivity contribution in [2.45, 2.75) is 13.2 Å². The quantitative estimate of drug-likeness (QED) is 0.741. The lowest BCUT2D eigenvalue weighted by atomic mass is 10.1. The number of amides is 1. The Balaban J connectivity index is 1.78. The number of nitrogens with one attached hydrogen (secondary N) is 1. The van der Waals surface area contributed by atoms with Crippen LogP contribution >= 0.6 is 0 Å². The van der Waals surface area contributed by atoms with Crippen molar-refractivity contribution in [3.63, 3.8) is 0 Å². The molecule has 0 unspecified atom stereocenters. The van der Waals surface area contributed by atoms with Crippen molar-refractivity contribution in [2.75, 3.05) is 7.11 Å². The second-order valence-corrected chi connectivity index (χ2v) is 5.69. The van der Waals surface area contributed by atoms with Crippen LogP contribution in [0.5, 0.6) is 0 Å². The lowest BCUT2D eigenvalue weighted by Crippen LogP contribution is -2.28. The van der Waals surface area contributed by atoms with E-state index in [4.69, 9.17) is 4.74 Å². The van der Waals surface area contributed by atoms with Gasteiger partial charge in [-0.25, -0.2) is 0 Å². The molecular weight excluding hydrogens is 330 g/mol. The van der Waals surface area contributed by atoms with Crippen molar-refractivity contribution in [2.24, 2.45) is 0 Å². The van der Waals surface area contributed by atoms with E-state index in [1.54, 1.807) is 19.2 Å². The van der Waals surface area contributed by atoms with Gasteiger partial charge in [0.2, 0.25) is 0 Å². The first kappa shape index (κ1) is 17.6. The van der Waals surface area contributed by atoms with E-state index in [0.29, 0.717) is 18.8 Å². The first-order chi connectivity index (χ1) is 12.7. The van der Waals surface area contributed by atoms with Crippen LogP contribution in [0.4, 0.5) is 0 Å². The van der Waals surface area contributed by atoms with Crippen molar-refractivity contribution >= 4 is 5.91 Å². The van der Waals surface area contributed by atoms with Crippen LogP contribution in [0.1, 0.15) is 21.6 Å². The molecule has 0 radical (unpaired) electrons. The number of ether oxygens (including phenoxy) is 1. The van der Waals surface area contributed by atoms with Crippen LogP contribution in [0.15, 0.2) is 71.5 Å². The molecule has 6 nitrogen and oxygen atoms in total. The number of carbonyl (C=O) groups is 1. The summed E-state index contributed by atoms with van der Waals surface area (Å²) < 4.78 is 6.39. The lowest BCUT2D eigenvalue weighted by molar-refractivity contribution is 0.0943. The van der Waals surface area contributed by atoms with Gasteiger partial charge in [0.15, 0.2) is 0 Å². The van der Waals surface area contributed by atoms with Crippen molar-refractivity contribution < 1.29 is 9.53 Å². The van der Waals surface area contributed by atoms with Gasteiger partial charge < -0.3 is 10.1 Å². The molecule has 0 aliphatic rings. The number of nitrogens with zero attached hydrogens (tertiary/aromatic N) is 2. The highest BCUT2D eigenvalue weighted by Gasteiger charge is 2.11. The van der Waals surface area contributed by atoms with Gasteiger partial charge in [-0.1, -0.05) is 42.5 Å².